The molecule has 1 atom stereocenters. The first-order chi connectivity index (χ1) is 7.56. The maximum absolute atomic E-state index is 10.4. The molecule has 2 heteroatoms. The molecule has 1 aromatic rings. The van der Waals surface area contributed by atoms with Crippen molar-refractivity contribution in [2.75, 3.05) is 0 Å². The highest BCUT2D eigenvalue weighted by atomic mass is 32.1. The normalized spacial score (nSPS) is 15.0. The Bertz CT molecular complexity index is 301. The maximum atomic E-state index is 10.4. The van der Waals surface area contributed by atoms with E-state index in [1.165, 1.54) is 30.6 Å². The lowest BCUT2D eigenvalue weighted by Gasteiger charge is -2.21. The van der Waals surface area contributed by atoms with Crippen molar-refractivity contribution < 1.29 is 5.11 Å². The molecule has 1 heterocycles. The van der Waals surface area contributed by atoms with Crippen LogP contribution >= 0.6 is 11.3 Å². The van der Waals surface area contributed by atoms with Gasteiger partial charge in [0.05, 0.1) is 5.60 Å². The van der Waals surface area contributed by atoms with Gasteiger partial charge in [0.2, 0.25) is 0 Å². The Morgan fingerprint density at radius 2 is 1.88 bits per heavy atom. The third-order valence-electron chi connectivity index (χ3n) is 3.04. The van der Waals surface area contributed by atoms with Crippen LogP contribution in [0, 0.1) is 6.92 Å². The van der Waals surface area contributed by atoms with Crippen LogP contribution < -0.4 is 0 Å². The van der Waals surface area contributed by atoms with Gasteiger partial charge >= 0.3 is 0 Å². The summed E-state index contributed by atoms with van der Waals surface area (Å²) in [7, 11) is 0. The van der Waals surface area contributed by atoms with E-state index in [1.807, 2.05) is 6.92 Å². The zero-order valence-corrected chi connectivity index (χ0v) is 11.6. The summed E-state index contributed by atoms with van der Waals surface area (Å²) in [4.78, 5) is 2.39. The molecule has 0 saturated carbocycles. The summed E-state index contributed by atoms with van der Waals surface area (Å²) in [6, 6.07) is 4.15. The molecule has 16 heavy (non-hydrogen) atoms. The summed E-state index contributed by atoms with van der Waals surface area (Å²) in [5, 5.41) is 10.4. The number of aliphatic hydroxyl groups is 1. The molecule has 0 aliphatic carbocycles. The Morgan fingerprint density at radius 3 is 2.44 bits per heavy atom. The van der Waals surface area contributed by atoms with Crippen LogP contribution in [-0.2, 0) is 5.60 Å². The summed E-state index contributed by atoms with van der Waals surface area (Å²) < 4.78 is 0. The molecule has 1 nitrogen and oxygen atoms in total. The Kier molecular flexibility index (Phi) is 5.50. The molecule has 0 fully saturated rings. The molecule has 0 spiro atoms. The van der Waals surface area contributed by atoms with Gasteiger partial charge in [0.25, 0.3) is 0 Å². The summed E-state index contributed by atoms with van der Waals surface area (Å²) in [5.41, 5.74) is -0.620. The Morgan fingerprint density at radius 1 is 1.19 bits per heavy atom. The fourth-order valence-corrected chi connectivity index (χ4v) is 2.86. The van der Waals surface area contributed by atoms with Crippen molar-refractivity contribution in [2.24, 2.45) is 0 Å². The van der Waals surface area contributed by atoms with E-state index in [-0.39, 0.29) is 0 Å². The van der Waals surface area contributed by atoms with Crippen LogP contribution in [0.2, 0.25) is 0 Å². The third-order valence-corrected chi connectivity index (χ3v) is 4.29. The standard InChI is InChI=1S/C14H24OS/c1-4-5-6-7-8-11-14(3,15)13-10-9-12(2)16-13/h9-10,15H,4-8,11H2,1-3H3. The number of hydrogen-bond acceptors (Lipinski definition) is 2. The Labute approximate surface area is 104 Å². The number of thiophene rings is 1. The SMILES string of the molecule is CCCCCCCC(C)(O)c1ccc(C)s1. The van der Waals surface area contributed by atoms with Crippen LogP contribution in [0.15, 0.2) is 12.1 Å². The van der Waals surface area contributed by atoms with E-state index < -0.39 is 5.60 Å². The lowest BCUT2D eigenvalue weighted by molar-refractivity contribution is 0.0486. The van der Waals surface area contributed by atoms with Crippen molar-refractivity contribution in [3.8, 4) is 0 Å². The van der Waals surface area contributed by atoms with Crippen LogP contribution in [-0.4, -0.2) is 5.11 Å². The average Bonchev–Trinajstić information content (AvgIpc) is 2.65. The molecule has 0 radical (unpaired) electrons. The van der Waals surface area contributed by atoms with Crippen molar-refractivity contribution in [2.45, 2.75) is 64.9 Å². The van der Waals surface area contributed by atoms with Crippen molar-refractivity contribution in [3.05, 3.63) is 21.9 Å². The lowest BCUT2D eigenvalue weighted by atomic mass is 9.96. The van der Waals surface area contributed by atoms with Gasteiger partial charge in [0, 0.05) is 9.75 Å². The van der Waals surface area contributed by atoms with E-state index in [1.54, 1.807) is 11.3 Å². The molecule has 0 saturated heterocycles. The molecular weight excluding hydrogens is 216 g/mol. The first-order valence-electron chi connectivity index (χ1n) is 6.35. The van der Waals surface area contributed by atoms with Gasteiger partial charge in [-0.25, -0.2) is 0 Å². The second kappa shape index (κ2) is 6.41. The van der Waals surface area contributed by atoms with Crippen molar-refractivity contribution in [3.63, 3.8) is 0 Å². The smallest absolute Gasteiger partial charge is 0.0960 e. The van der Waals surface area contributed by atoms with Gasteiger partial charge in [-0.2, -0.15) is 0 Å². The zero-order valence-electron chi connectivity index (χ0n) is 10.8. The fraction of sp³-hybridized carbons (Fsp3) is 0.714. The molecular formula is C14H24OS. The molecule has 92 valence electrons. The van der Waals surface area contributed by atoms with E-state index in [0.717, 1.165) is 17.7 Å². The quantitative estimate of drug-likeness (QED) is 0.689. The molecule has 1 aromatic heterocycles. The third kappa shape index (κ3) is 4.26. The summed E-state index contributed by atoms with van der Waals surface area (Å²) in [6.45, 7) is 6.26. The number of hydrogen-bond donors (Lipinski definition) is 1. The van der Waals surface area contributed by atoms with Gasteiger partial charge in [0.1, 0.15) is 0 Å². The van der Waals surface area contributed by atoms with Gasteiger partial charge in [-0.15, -0.1) is 11.3 Å². The lowest BCUT2D eigenvalue weighted by Crippen LogP contribution is -2.19. The topological polar surface area (TPSA) is 20.2 Å². The van der Waals surface area contributed by atoms with Crippen LogP contribution in [0.1, 0.15) is 62.1 Å². The highest BCUT2D eigenvalue weighted by Crippen LogP contribution is 2.32. The zero-order chi connectivity index (χ0) is 12.0. The number of aryl methyl sites for hydroxylation is 1. The van der Waals surface area contributed by atoms with E-state index in [9.17, 15) is 5.11 Å². The van der Waals surface area contributed by atoms with Gasteiger partial charge < -0.3 is 5.11 Å². The first-order valence-corrected chi connectivity index (χ1v) is 7.17. The van der Waals surface area contributed by atoms with Crippen molar-refractivity contribution in [1.29, 1.82) is 0 Å². The van der Waals surface area contributed by atoms with Gasteiger partial charge in [0.15, 0.2) is 0 Å². The van der Waals surface area contributed by atoms with Gasteiger partial charge in [-0.1, -0.05) is 39.0 Å². The number of rotatable bonds is 7. The van der Waals surface area contributed by atoms with E-state index in [2.05, 4.69) is 26.0 Å². The van der Waals surface area contributed by atoms with Crippen LogP contribution in [0.5, 0.6) is 0 Å². The molecule has 1 rings (SSSR count). The second-order valence-electron chi connectivity index (χ2n) is 4.85. The predicted molar refractivity (Wildman–Crippen MR) is 72.0 cm³/mol. The molecule has 0 bridgehead atoms. The monoisotopic (exact) mass is 240 g/mol. The minimum atomic E-state index is -0.620. The van der Waals surface area contributed by atoms with Gasteiger partial charge in [-0.3, -0.25) is 0 Å². The summed E-state index contributed by atoms with van der Waals surface area (Å²) >= 11 is 1.71. The molecule has 0 aromatic carbocycles. The Balaban J connectivity index is 2.34. The van der Waals surface area contributed by atoms with Crippen LogP contribution in [0.4, 0.5) is 0 Å². The van der Waals surface area contributed by atoms with Crippen molar-refractivity contribution in [1.82, 2.24) is 0 Å². The number of unbranched alkanes of at least 4 members (excludes halogenated alkanes) is 4. The average molecular weight is 240 g/mol. The second-order valence-corrected chi connectivity index (χ2v) is 6.14. The minimum Gasteiger partial charge on any atom is -0.385 e. The summed E-state index contributed by atoms with van der Waals surface area (Å²) in [5.74, 6) is 0. The first kappa shape index (κ1) is 13.7. The van der Waals surface area contributed by atoms with Crippen molar-refractivity contribution >= 4 is 11.3 Å². The predicted octanol–water partition coefficient (Wildman–Crippen LogP) is 4.62. The van der Waals surface area contributed by atoms with Crippen LogP contribution in [0.25, 0.3) is 0 Å². The van der Waals surface area contributed by atoms with Crippen LogP contribution in [0.3, 0.4) is 0 Å². The summed E-state index contributed by atoms with van der Waals surface area (Å²) in [6.07, 6.45) is 7.16. The maximum Gasteiger partial charge on any atom is 0.0960 e. The van der Waals surface area contributed by atoms with Gasteiger partial charge in [-0.05, 0) is 32.4 Å². The fourth-order valence-electron chi connectivity index (χ4n) is 1.92. The molecule has 0 aliphatic heterocycles. The Hall–Kier alpha value is -0.340. The van der Waals surface area contributed by atoms with E-state index >= 15 is 0 Å². The minimum absolute atomic E-state index is 0.620. The highest BCUT2D eigenvalue weighted by molar-refractivity contribution is 7.12. The molecule has 0 amide bonds. The molecule has 0 aliphatic rings. The van der Waals surface area contributed by atoms with E-state index in [4.69, 9.17) is 0 Å². The van der Waals surface area contributed by atoms with E-state index in [0.29, 0.717) is 0 Å². The highest BCUT2D eigenvalue weighted by Gasteiger charge is 2.23. The molecule has 1 unspecified atom stereocenters. The largest absolute Gasteiger partial charge is 0.385 e. The molecule has 1 N–H and O–H groups in total.